The maximum Gasteiger partial charge on any atom is 0.471 e. The Morgan fingerprint density at radius 1 is 1.04 bits per heavy atom. The van der Waals surface area contributed by atoms with Crippen LogP contribution in [0.1, 0.15) is 24.2 Å². The van der Waals surface area contributed by atoms with Crippen LogP contribution in [0.15, 0.2) is 59.7 Å². The van der Waals surface area contributed by atoms with Gasteiger partial charge in [0, 0.05) is 5.69 Å². The second-order valence-corrected chi connectivity index (χ2v) is 5.52. The number of hydrazone groups is 1. The molecule has 0 radical (unpaired) electrons. The minimum atomic E-state index is -4.97. The Morgan fingerprint density at radius 3 is 2.19 bits per heavy atom. The highest BCUT2D eigenvalue weighted by molar-refractivity contribution is 6.00. The molecule has 0 saturated carbocycles. The number of carbonyl (C=O) groups is 2. The maximum absolute atomic E-state index is 12.2. The Kier molecular flexibility index (Phi) is 6.30. The first-order valence-electron chi connectivity index (χ1n) is 7.74. The number of anilines is 1. The van der Waals surface area contributed by atoms with Crippen molar-refractivity contribution in [3.8, 4) is 0 Å². The van der Waals surface area contributed by atoms with Crippen molar-refractivity contribution in [1.82, 2.24) is 5.43 Å². The molecule has 3 N–H and O–H groups in total. The number of aliphatic hydroxyl groups is 1. The molecular weight excluding hydrogens is 363 g/mol. The van der Waals surface area contributed by atoms with Gasteiger partial charge in [0.1, 0.15) is 0 Å². The average molecular weight is 379 g/mol. The highest BCUT2D eigenvalue weighted by Crippen LogP contribution is 2.18. The van der Waals surface area contributed by atoms with Gasteiger partial charge in [0.2, 0.25) is 0 Å². The largest absolute Gasteiger partial charge is 0.471 e. The standard InChI is InChI=1S/C18H16F3N3O3/c1-11(23-24-16(26)15(25)13-5-3-2-4-6-13)12-7-9-14(10-8-12)22-17(27)18(19,20)21/h2-10,15,25H,1H3,(H,22,27)(H,24,26)/b23-11+/t15-/m0/s1. The van der Waals surface area contributed by atoms with E-state index in [0.717, 1.165) is 0 Å². The SMILES string of the molecule is C/C(=N\NC(=O)[C@@H](O)c1ccccc1)c1ccc(NC(=O)C(F)(F)F)cc1. The fourth-order valence-corrected chi connectivity index (χ4v) is 2.05. The van der Waals surface area contributed by atoms with Gasteiger partial charge in [0.25, 0.3) is 5.91 Å². The van der Waals surface area contributed by atoms with E-state index in [4.69, 9.17) is 0 Å². The number of carbonyl (C=O) groups excluding carboxylic acids is 2. The van der Waals surface area contributed by atoms with Gasteiger partial charge in [-0.3, -0.25) is 9.59 Å². The van der Waals surface area contributed by atoms with Crippen molar-refractivity contribution in [2.45, 2.75) is 19.2 Å². The Hall–Kier alpha value is -3.20. The third kappa shape index (κ3) is 5.65. The van der Waals surface area contributed by atoms with Crippen LogP contribution in [-0.4, -0.2) is 28.8 Å². The van der Waals surface area contributed by atoms with Crippen molar-refractivity contribution < 1.29 is 27.9 Å². The number of halogens is 3. The second-order valence-electron chi connectivity index (χ2n) is 5.52. The van der Waals surface area contributed by atoms with Crippen LogP contribution in [0.3, 0.4) is 0 Å². The monoisotopic (exact) mass is 379 g/mol. The van der Waals surface area contributed by atoms with Gasteiger partial charge in [0.15, 0.2) is 6.10 Å². The number of nitrogens with one attached hydrogen (secondary N) is 2. The summed E-state index contributed by atoms with van der Waals surface area (Å²) in [5, 5.41) is 15.5. The molecule has 0 fully saturated rings. The summed E-state index contributed by atoms with van der Waals surface area (Å²) in [5.41, 5.74) is 3.47. The van der Waals surface area contributed by atoms with E-state index in [2.05, 4.69) is 10.5 Å². The highest BCUT2D eigenvalue weighted by Gasteiger charge is 2.38. The molecule has 0 aliphatic rings. The van der Waals surface area contributed by atoms with Crippen LogP contribution >= 0.6 is 0 Å². The molecule has 0 bridgehead atoms. The van der Waals surface area contributed by atoms with Crippen molar-refractivity contribution in [3.05, 3.63) is 65.7 Å². The van der Waals surface area contributed by atoms with E-state index in [1.54, 1.807) is 42.6 Å². The van der Waals surface area contributed by atoms with Crippen molar-refractivity contribution in [2.24, 2.45) is 5.10 Å². The van der Waals surface area contributed by atoms with Gasteiger partial charge >= 0.3 is 12.1 Å². The second kappa shape index (κ2) is 8.45. The molecular formula is C18H16F3N3O3. The van der Waals surface area contributed by atoms with Crippen molar-refractivity contribution >= 4 is 23.2 Å². The van der Waals surface area contributed by atoms with E-state index in [9.17, 15) is 27.9 Å². The predicted molar refractivity (Wildman–Crippen MR) is 92.9 cm³/mol. The van der Waals surface area contributed by atoms with Gasteiger partial charge in [-0.05, 0) is 30.2 Å². The summed E-state index contributed by atoms with van der Waals surface area (Å²) < 4.78 is 36.6. The molecule has 1 atom stereocenters. The van der Waals surface area contributed by atoms with E-state index in [-0.39, 0.29) is 5.69 Å². The predicted octanol–water partition coefficient (Wildman–Crippen LogP) is 2.76. The molecule has 2 rings (SSSR count). The van der Waals surface area contributed by atoms with E-state index in [0.29, 0.717) is 16.8 Å². The van der Waals surface area contributed by atoms with Crippen LogP contribution in [0.4, 0.5) is 18.9 Å². The molecule has 6 nitrogen and oxygen atoms in total. The molecule has 2 aromatic rings. The van der Waals surface area contributed by atoms with Crippen molar-refractivity contribution in [1.29, 1.82) is 0 Å². The van der Waals surface area contributed by atoms with Gasteiger partial charge in [0.05, 0.1) is 5.71 Å². The van der Waals surface area contributed by atoms with Crippen LogP contribution in [0.2, 0.25) is 0 Å². The Bertz CT molecular complexity index is 834. The van der Waals surface area contributed by atoms with Gasteiger partial charge in [-0.15, -0.1) is 0 Å². The average Bonchev–Trinajstić information content (AvgIpc) is 2.65. The fourth-order valence-electron chi connectivity index (χ4n) is 2.05. The number of aliphatic hydroxyl groups excluding tert-OH is 1. The topological polar surface area (TPSA) is 90.8 Å². The summed E-state index contributed by atoms with van der Waals surface area (Å²) in [6.07, 6.45) is -6.36. The van der Waals surface area contributed by atoms with E-state index < -0.39 is 24.1 Å². The molecule has 0 saturated heterocycles. The van der Waals surface area contributed by atoms with Crippen LogP contribution in [0, 0.1) is 0 Å². The smallest absolute Gasteiger partial charge is 0.378 e. The van der Waals surface area contributed by atoms with Crippen LogP contribution < -0.4 is 10.7 Å². The van der Waals surface area contributed by atoms with Crippen molar-refractivity contribution in [3.63, 3.8) is 0 Å². The minimum absolute atomic E-state index is 0.0302. The number of rotatable bonds is 5. The first-order chi connectivity index (χ1) is 12.7. The van der Waals surface area contributed by atoms with Crippen LogP contribution in [0.25, 0.3) is 0 Å². The Balaban J connectivity index is 1.99. The third-order valence-electron chi connectivity index (χ3n) is 3.52. The molecule has 142 valence electrons. The Morgan fingerprint density at radius 2 is 1.63 bits per heavy atom. The quantitative estimate of drug-likeness (QED) is 0.551. The van der Waals surface area contributed by atoms with E-state index in [1.807, 2.05) is 0 Å². The molecule has 2 amide bonds. The zero-order chi connectivity index (χ0) is 20.0. The molecule has 0 spiro atoms. The lowest BCUT2D eigenvalue weighted by molar-refractivity contribution is -0.167. The summed E-state index contributed by atoms with van der Waals surface area (Å²) in [6, 6.07) is 13.7. The first-order valence-corrected chi connectivity index (χ1v) is 7.74. The molecule has 27 heavy (non-hydrogen) atoms. The number of alkyl halides is 3. The third-order valence-corrected chi connectivity index (χ3v) is 3.52. The fraction of sp³-hybridized carbons (Fsp3) is 0.167. The highest BCUT2D eigenvalue weighted by atomic mass is 19.4. The van der Waals surface area contributed by atoms with E-state index >= 15 is 0 Å². The summed E-state index contributed by atoms with van der Waals surface area (Å²) in [4.78, 5) is 22.8. The van der Waals surface area contributed by atoms with Crippen molar-refractivity contribution in [2.75, 3.05) is 5.32 Å². The normalized spacial score (nSPS) is 13.0. The van der Waals surface area contributed by atoms with Crippen LogP contribution in [-0.2, 0) is 9.59 Å². The lowest BCUT2D eigenvalue weighted by Gasteiger charge is -2.10. The molecule has 0 aromatic heterocycles. The zero-order valence-corrected chi connectivity index (χ0v) is 14.1. The molecule has 0 heterocycles. The van der Waals surface area contributed by atoms with Gasteiger partial charge in [-0.2, -0.15) is 18.3 Å². The summed E-state index contributed by atoms with van der Waals surface area (Å²) >= 11 is 0. The number of benzene rings is 2. The summed E-state index contributed by atoms with van der Waals surface area (Å²) in [6.45, 7) is 1.57. The number of hydrogen-bond acceptors (Lipinski definition) is 4. The molecule has 0 aliphatic carbocycles. The minimum Gasteiger partial charge on any atom is -0.378 e. The molecule has 9 heteroatoms. The number of nitrogens with zero attached hydrogens (tertiary/aromatic N) is 1. The molecule has 0 unspecified atom stereocenters. The lowest BCUT2D eigenvalue weighted by Crippen LogP contribution is -2.29. The first kappa shape index (κ1) is 20.1. The molecule has 2 aromatic carbocycles. The lowest BCUT2D eigenvalue weighted by atomic mass is 10.1. The van der Waals surface area contributed by atoms with Gasteiger partial charge in [-0.25, -0.2) is 5.43 Å². The Labute approximate surface area is 152 Å². The molecule has 0 aliphatic heterocycles. The zero-order valence-electron chi connectivity index (χ0n) is 14.1. The van der Waals surface area contributed by atoms with Gasteiger partial charge in [-0.1, -0.05) is 42.5 Å². The maximum atomic E-state index is 12.2. The summed E-state index contributed by atoms with van der Waals surface area (Å²) in [5.74, 6) is -2.79. The number of amides is 2. The van der Waals surface area contributed by atoms with E-state index in [1.165, 1.54) is 24.3 Å². The van der Waals surface area contributed by atoms with Crippen LogP contribution in [0.5, 0.6) is 0 Å². The van der Waals surface area contributed by atoms with Gasteiger partial charge < -0.3 is 10.4 Å². The summed E-state index contributed by atoms with van der Waals surface area (Å²) in [7, 11) is 0. The number of hydrogen-bond donors (Lipinski definition) is 3.